The number of nitrogens with zero attached hydrogens (tertiary/aromatic N) is 7. The van der Waals surface area contributed by atoms with Gasteiger partial charge in [-0.2, -0.15) is 32.6 Å². The highest BCUT2D eigenvalue weighted by Gasteiger charge is 2.39. The van der Waals surface area contributed by atoms with E-state index in [0.717, 1.165) is 11.0 Å². The summed E-state index contributed by atoms with van der Waals surface area (Å²) in [7, 11) is -1.48. The molecule has 0 bridgehead atoms. The second-order valence-corrected chi connectivity index (χ2v) is 12.6. The second kappa shape index (κ2) is 11.3. The Hall–Kier alpha value is -3.30. The third-order valence-electron chi connectivity index (χ3n) is 6.38. The van der Waals surface area contributed by atoms with Crippen molar-refractivity contribution in [3.05, 3.63) is 41.6 Å². The number of amides is 1. The van der Waals surface area contributed by atoms with E-state index in [-0.39, 0.29) is 37.3 Å². The van der Waals surface area contributed by atoms with Crippen LogP contribution >= 0.6 is 0 Å². The lowest BCUT2D eigenvalue weighted by Crippen LogP contribution is -2.37. The topological polar surface area (TPSA) is 119 Å². The molecule has 10 nitrogen and oxygen atoms in total. The van der Waals surface area contributed by atoms with Gasteiger partial charge in [-0.3, -0.25) is 4.79 Å². The van der Waals surface area contributed by atoms with Crippen molar-refractivity contribution >= 4 is 28.8 Å². The summed E-state index contributed by atoms with van der Waals surface area (Å²) in [6.07, 6.45) is -0.488. The van der Waals surface area contributed by atoms with Gasteiger partial charge in [-0.05, 0) is 45.6 Å². The molecular weight excluding hydrogens is 559 g/mol. The van der Waals surface area contributed by atoms with Crippen LogP contribution in [0.1, 0.15) is 80.7 Å². The summed E-state index contributed by atoms with van der Waals surface area (Å²) in [5.74, 6) is -3.90. The van der Waals surface area contributed by atoms with Crippen molar-refractivity contribution in [3.8, 4) is 0 Å². The van der Waals surface area contributed by atoms with E-state index in [9.17, 15) is 31.0 Å². The van der Waals surface area contributed by atoms with Crippen LogP contribution in [0.4, 0.5) is 22.0 Å². The van der Waals surface area contributed by atoms with Crippen LogP contribution in [0.15, 0.2) is 29.1 Å². The van der Waals surface area contributed by atoms with Crippen LogP contribution in [0.2, 0.25) is 0 Å². The van der Waals surface area contributed by atoms with Crippen molar-refractivity contribution < 1.29 is 31.0 Å². The lowest BCUT2D eigenvalue weighted by molar-refractivity contribution is -0.137. The molecule has 0 spiro atoms. The molecule has 0 saturated heterocycles. The number of carbonyl (C=O) groups is 1. The summed E-state index contributed by atoms with van der Waals surface area (Å²) < 4.78 is 82.6. The van der Waals surface area contributed by atoms with Crippen LogP contribution in [0.5, 0.6) is 0 Å². The smallest absolute Gasteiger partial charge is 0.342 e. The number of alkyl halides is 5. The number of hydrogen-bond acceptors (Lipinski definition) is 6. The van der Waals surface area contributed by atoms with Gasteiger partial charge >= 0.3 is 6.18 Å². The highest BCUT2D eigenvalue weighted by Crippen LogP contribution is 2.41. The lowest BCUT2D eigenvalue weighted by Gasteiger charge is -2.33. The molecule has 0 aromatic carbocycles. The quantitative estimate of drug-likeness (QED) is 0.307. The van der Waals surface area contributed by atoms with Gasteiger partial charge in [0.25, 0.3) is 5.91 Å². The fraction of sp³-hybridized carbons (Fsp3) is 0.583. The van der Waals surface area contributed by atoms with Crippen LogP contribution in [-0.4, -0.2) is 62.8 Å². The van der Waals surface area contributed by atoms with Crippen LogP contribution < -0.4 is 5.32 Å². The van der Waals surface area contributed by atoms with Crippen molar-refractivity contribution in [1.29, 1.82) is 0 Å². The summed E-state index contributed by atoms with van der Waals surface area (Å²) in [5.41, 5.74) is 1.09. The molecule has 2 atom stereocenters. The molecule has 16 heteroatoms. The van der Waals surface area contributed by atoms with Crippen molar-refractivity contribution in [2.24, 2.45) is 10.3 Å². The molecule has 3 heterocycles. The first-order valence-electron chi connectivity index (χ1n) is 12.6. The van der Waals surface area contributed by atoms with E-state index < -0.39 is 52.7 Å². The van der Waals surface area contributed by atoms with Gasteiger partial charge < -0.3 is 5.32 Å². The van der Waals surface area contributed by atoms with Crippen LogP contribution in [-0.2, 0) is 17.5 Å². The standard InChI is InChI=1S/C24H29F5N8O2S/c1-22(2,3)40(39)32-12-15-10-19-33-18(14-36(19)30-11-15)20(16-4-6-23(25,26)7-5-16)34-21(38)17-13-31-37(35-17)9-8-24(27,28)29/h10-14,16,20H,4-9H2,1-3H3,(H,34,38)/b32-12+/t20-,40-/m0/s1. The average Bonchev–Trinajstić information content (AvgIpc) is 3.50. The van der Waals surface area contributed by atoms with Crippen LogP contribution in [0, 0.1) is 5.92 Å². The number of nitrogens with one attached hydrogen (secondary N) is 1. The molecule has 1 N–H and O–H groups in total. The molecule has 1 fully saturated rings. The first kappa shape index (κ1) is 29.7. The maximum Gasteiger partial charge on any atom is 0.390 e. The van der Waals surface area contributed by atoms with Gasteiger partial charge in [0.2, 0.25) is 5.92 Å². The van der Waals surface area contributed by atoms with E-state index in [1.165, 1.54) is 16.9 Å². The number of aryl methyl sites for hydroxylation is 1. The number of hydrogen-bond donors (Lipinski definition) is 1. The minimum atomic E-state index is -4.41. The van der Waals surface area contributed by atoms with Crippen molar-refractivity contribution in [1.82, 2.24) is 34.9 Å². The van der Waals surface area contributed by atoms with E-state index in [0.29, 0.717) is 16.9 Å². The van der Waals surface area contributed by atoms with Gasteiger partial charge in [0.15, 0.2) is 11.3 Å². The first-order chi connectivity index (χ1) is 18.6. The highest BCUT2D eigenvalue weighted by molar-refractivity contribution is 7.85. The molecule has 1 saturated carbocycles. The molecule has 3 aromatic heterocycles. The average molecular weight is 589 g/mol. The van der Waals surface area contributed by atoms with Crippen LogP contribution in [0.25, 0.3) is 5.65 Å². The van der Waals surface area contributed by atoms with Gasteiger partial charge in [0.05, 0.1) is 48.0 Å². The van der Waals surface area contributed by atoms with Gasteiger partial charge in [0, 0.05) is 24.6 Å². The Labute approximate surface area is 229 Å². The summed E-state index contributed by atoms with van der Waals surface area (Å²) >= 11 is 0. The first-order valence-corrected chi connectivity index (χ1v) is 13.7. The zero-order valence-electron chi connectivity index (χ0n) is 22.0. The summed E-state index contributed by atoms with van der Waals surface area (Å²) in [4.78, 5) is 18.4. The minimum absolute atomic E-state index is 0.119. The Morgan fingerprint density at radius 1 is 1.23 bits per heavy atom. The number of imidazole rings is 1. The van der Waals surface area contributed by atoms with Crippen LogP contribution in [0.3, 0.4) is 0 Å². The molecule has 0 aliphatic heterocycles. The number of aromatic nitrogens is 6. The largest absolute Gasteiger partial charge is 0.390 e. The maximum atomic E-state index is 13.9. The van der Waals surface area contributed by atoms with E-state index in [1.54, 1.807) is 33.0 Å². The molecular formula is C24H29F5N8O2S. The molecule has 0 unspecified atom stereocenters. The Morgan fingerprint density at radius 2 is 1.93 bits per heavy atom. The van der Waals surface area contributed by atoms with Gasteiger partial charge in [-0.1, -0.05) is 0 Å². The minimum Gasteiger partial charge on any atom is -0.342 e. The molecule has 0 radical (unpaired) electrons. The number of carbonyl (C=O) groups excluding carboxylic acids is 1. The number of halogens is 5. The molecule has 1 aliphatic rings. The molecule has 218 valence electrons. The Bertz CT molecular complexity index is 1400. The zero-order chi connectivity index (χ0) is 29.3. The van der Waals surface area contributed by atoms with E-state index >= 15 is 0 Å². The third kappa shape index (κ3) is 7.67. The predicted octanol–water partition coefficient (Wildman–Crippen LogP) is 4.45. The third-order valence-corrected chi connectivity index (χ3v) is 7.73. The summed E-state index contributed by atoms with van der Waals surface area (Å²) in [6, 6.07) is 0.858. The van der Waals surface area contributed by atoms with E-state index in [1.807, 2.05) is 0 Å². The van der Waals surface area contributed by atoms with E-state index in [2.05, 4.69) is 30.0 Å². The molecule has 3 aromatic rings. The number of rotatable bonds is 8. The fourth-order valence-corrected chi connectivity index (χ4v) is 4.71. The van der Waals surface area contributed by atoms with Crippen molar-refractivity contribution in [3.63, 3.8) is 0 Å². The molecule has 40 heavy (non-hydrogen) atoms. The molecule has 1 amide bonds. The zero-order valence-corrected chi connectivity index (χ0v) is 22.8. The monoisotopic (exact) mass is 588 g/mol. The van der Waals surface area contributed by atoms with Crippen molar-refractivity contribution in [2.75, 3.05) is 0 Å². The van der Waals surface area contributed by atoms with Crippen molar-refractivity contribution in [2.45, 2.75) is 82.3 Å². The normalized spacial score (nSPS) is 18.3. The van der Waals surface area contributed by atoms with E-state index in [4.69, 9.17) is 0 Å². The SMILES string of the molecule is CC(C)(C)[S@](=O)/N=C/c1cnn2cc([C@@H](NC(=O)c3cnn(CCC(F)(F)F)n3)C3CCC(F)(F)CC3)nc2c1. The molecule has 1 aliphatic carbocycles. The second-order valence-electron chi connectivity index (χ2n) is 10.7. The van der Waals surface area contributed by atoms with Gasteiger partial charge in [-0.25, -0.2) is 22.5 Å². The summed E-state index contributed by atoms with van der Waals surface area (Å²) in [6.45, 7) is 4.83. The Balaban J connectivity index is 1.57. The molecule has 4 rings (SSSR count). The van der Waals surface area contributed by atoms with Gasteiger partial charge in [0.1, 0.15) is 11.0 Å². The lowest BCUT2D eigenvalue weighted by atomic mass is 9.81. The number of fused-ring (bicyclic) bond motifs is 1. The van der Waals surface area contributed by atoms with Gasteiger partial charge in [-0.15, -0.1) is 5.10 Å². The maximum absolute atomic E-state index is 13.9. The predicted molar refractivity (Wildman–Crippen MR) is 136 cm³/mol. The highest BCUT2D eigenvalue weighted by atomic mass is 32.2. The summed E-state index contributed by atoms with van der Waals surface area (Å²) in [5, 5.41) is 14.6. The fourth-order valence-electron chi connectivity index (χ4n) is 4.18. The Morgan fingerprint density at radius 3 is 2.58 bits per heavy atom. The Kier molecular flexibility index (Phi) is 8.38.